The predicted molar refractivity (Wildman–Crippen MR) is 84.1 cm³/mol. The number of nitrogens with zero attached hydrogens (tertiary/aromatic N) is 2. The van der Waals surface area contributed by atoms with Crippen molar-refractivity contribution in [1.82, 2.24) is 10.2 Å². The van der Waals surface area contributed by atoms with E-state index >= 15 is 0 Å². The van der Waals surface area contributed by atoms with Gasteiger partial charge in [-0.1, -0.05) is 13.3 Å². The molecule has 4 nitrogen and oxygen atoms in total. The van der Waals surface area contributed by atoms with Crippen LogP contribution in [0.5, 0.6) is 0 Å². The zero-order chi connectivity index (χ0) is 14.4. The molecule has 1 aliphatic carbocycles. The van der Waals surface area contributed by atoms with Gasteiger partial charge < -0.3 is 15.0 Å². The Morgan fingerprint density at radius 1 is 1.35 bits per heavy atom. The summed E-state index contributed by atoms with van der Waals surface area (Å²) >= 11 is 0. The van der Waals surface area contributed by atoms with Crippen LogP contribution in [0.15, 0.2) is 4.99 Å². The summed E-state index contributed by atoms with van der Waals surface area (Å²) in [6.07, 6.45) is 5.20. The Bertz CT molecular complexity index is 319. The van der Waals surface area contributed by atoms with Crippen LogP contribution in [0.1, 0.15) is 46.5 Å². The van der Waals surface area contributed by atoms with Gasteiger partial charge in [0.1, 0.15) is 0 Å². The van der Waals surface area contributed by atoms with Crippen molar-refractivity contribution in [2.45, 2.75) is 52.5 Å². The van der Waals surface area contributed by atoms with Crippen molar-refractivity contribution in [2.24, 2.45) is 16.8 Å². The highest BCUT2D eigenvalue weighted by Gasteiger charge is 2.38. The average Bonchev–Trinajstić information content (AvgIpc) is 3.01. The minimum absolute atomic E-state index is 0.671. The first-order valence-electron chi connectivity index (χ1n) is 8.42. The fourth-order valence-electron chi connectivity index (χ4n) is 3.11. The molecule has 1 N–H and O–H groups in total. The zero-order valence-corrected chi connectivity index (χ0v) is 13.4. The third-order valence-electron chi connectivity index (χ3n) is 4.35. The maximum absolute atomic E-state index is 5.56. The van der Waals surface area contributed by atoms with E-state index in [0.717, 1.165) is 44.7 Å². The second-order valence-electron chi connectivity index (χ2n) is 6.09. The Labute approximate surface area is 124 Å². The van der Waals surface area contributed by atoms with E-state index in [1.54, 1.807) is 0 Å². The smallest absolute Gasteiger partial charge is 0.194 e. The summed E-state index contributed by atoms with van der Waals surface area (Å²) < 4.78 is 5.56. The van der Waals surface area contributed by atoms with Crippen LogP contribution in [-0.2, 0) is 4.74 Å². The maximum atomic E-state index is 5.56. The molecule has 1 saturated carbocycles. The van der Waals surface area contributed by atoms with Gasteiger partial charge in [-0.05, 0) is 39.0 Å². The van der Waals surface area contributed by atoms with E-state index in [0.29, 0.717) is 12.0 Å². The van der Waals surface area contributed by atoms with Gasteiger partial charge in [-0.2, -0.15) is 0 Å². The molecule has 0 aromatic heterocycles. The number of ether oxygens (including phenoxy) is 1. The number of hydrogen-bond acceptors (Lipinski definition) is 2. The van der Waals surface area contributed by atoms with Crippen LogP contribution in [0.2, 0.25) is 0 Å². The van der Waals surface area contributed by atoms with Crippen molar-refractivity contribution in [2.75, 3.05) is 32.8 Å². The molecule has 0 amide bonds. The summed E-state index contributed by atoms with van der Waals surface area (Å²) in [5.74, 6) is 2.68. The van der Waals surface area contributed by atoms with Crippen LogP contribution in [-0.4, -0.2) is 49.7 Å². The summed E-state index contributed by atoms with van der Waals surface area (Å²) in [5.41, 5.74) is 0. The molecule has 3 unspecified atom stereocenters. The number of aliphatic imine (C=N–C) groups is 1. The van der Waals surface area contributed by atoms with E-state index in [2.05, 4.69) is 36.0 Å². The third-order valence-corrected chi connectivity index (χ3v) is 4.35. The number of guanidine groups is 1. The molecule has 2 rings (SSSR count). The van der Waals surface area contributed by atoms with Gasteiger partial charge in [0.25, 0.3) is 0 Å². The molecule has 1 saturated heterocycles. The molecule has 0 spiro atoms. The van der Waals surface area contributed by atoms with Crippen molar-refractivity contribution >= 4 is 5.96 Å². The largest absolute Gasteiger partial charge is 0.381 e. The van der Waals surface area contributed by atoms with Crippen LogP contribution in [0.4, 0.5) is 0 Å². The van der Waals surface area contributed by atoms with E-state index in [9.17, 15) is 0 Å². The van der Waals surface area contributed by atoms with Crippen LogP contribution < -0.4 is 5.32 Å². The molecule has 2 fully saturated rings. The van der Waals surface area contributed by atoms with Crippen molar-refractivity contribution in [3.8, 4) is 0 Å². The van der Waals surface area contributed by atoms with Gasteiger partial charge in [0, 0.05) is 38.2 Å². The van der Waals surface area contributed by atoms with Gasteiger partial charge >= 0.3 is 0 Å². The molecule has 0 radical (unpaired) electrons. The highest BCUT2D eigenvalue weighted by atomic mass is 16.5. The lowest BCUT2D eigenvalue weighted by atomic mass is 10.1. The Morgan fingerprint density at radius 3 is 2.90 bits per heavy atom. The zero-order valence-electron chi connectivity index (χ0n) is 13.4. The van der Waals surface area contributed by atoms with Crippen LogP contribution in [0.3, 0.4) is 0 Å². The van der Waals surface area contributed by atoms with Crippen LogP contribution in [0, 0.1) is 11.8 Å². The van der Waals surface area contributed by atoms with E-state index in [-0.39, 0.29) is 0 Å². The lowest BCUT2D eigenvalue weighted by Gasteiger charge is -2.22. The highest BCUT2D eigenvalue weighted by molar-refractivity contribution is 5.81. The van der Waals surface area contributed by atoms with Crippen LogP contribution in [0.25, 0.3) is 0 Å². The first kappa shape index (κ1) is 15.6. The quantitative estimate of drug-likeness (QED) is 0.575. The molecular weight excluding hydrogens is 250 g/mol. The van der Waals surface area contributed by atoms with Crippen LogP contribution >= 0.6 is 0 Å². The minimum atomic E-state index is 0.671. The molecule has 0 aromatic carbocycles. The topological polar surface area (TPSA) is 36.9 Å². The summed E-state index contributed by atoms with van der Waals surface area (Å²) in [7, 11) is 0. The number of nitrogens with one attached hydrogen (secondary N) is 1. The first-order valence-corrected chi connectivity index (χ1v) is 8.42. The van der Waals surface area contributed by atoms with E-state index in [4.69, 9.17) is 4.74 Å². The summed E-state index contributed by atoms with van der Waals surface area (Å²) in [6.45, 7) is 11.3. The Hall–Kier alpha value is -0.770. The van der Waals surface area contributed by atoms with Gasteiger partial charge in [0.2, 0.25) is 0 Å². The van der Waals surface area contributed by atoms with Crippen molar-refractivity contribution in [1.29, 1.82) is 0 Å². The molecule has 2 aliphatic rings. The molecule has 1 aliphatic heterocycles. The standard InChI is InChI=1S/C16H31N3O/c1-4-7-14-10-15(14)18-16(17-5-2)19-9-8-13(11-19)12-20-6-3/h13-15H,4-12H2,1-3H3,(H,17,18). The summed E-state index contributed by atoms with van der Waals surface area (Å²) in [5, 5.41) is 3.68. The molecule has 0 aromatic rings. The molecule has 116 valence electrons. The fraction of sp³-hybridized carbons (Fsp3) is 0.938. The minimum Gasteiger partial charge on any atom is -0.381 e. The Morgan fingerprint density at radius 2 is 2.20 bits per heavy atom. The molecule has 3 atom stereocenters. The second-order valence-corrected chi connectivity index (χ2v) is 6.09. The fourth-order valence-corrected chi connectivity index (χ4v) is 3.11. The highest BCUT2D eigenvalue weighted by Crippen LogP contribution is 2.34. The van der Waals surface area contributed by atoms with Gasteiger partial charge in [0.05, 0.1) is 6.61 Å². The first-order chi connectivity index (χ1) is 9.78. The SMILES string of the molecule is CCCC1CC1NC(=NCC)N1CCC(COCC)C1. The number of rotatable bonds is 7. The molecular formula is C16H31N3O. The average molecular weight is 281 g/mol. The second kappa shape index (κ2) is 7.87. The Kier molecular flexibility index (Phi) is 6.14. The van der Waals surface area contributed by atoms with Gasteiger partial charge in [-0.3, -0.25) is 4.99 Å². The summed E-state index contributed by atoms with van der Waals surface area (Å²) in [6, 6.07) is 0.672. The third kappa shape index (κ3) is 4.37. The Balaban J connectivity index is 1.79. The van der Waals surface area contributed by atoms with Crippen molar-refractivity contribution < 1.29 is 4.74 Å². The molecule has 4 heteroatoms. The predicted octanol–water partition coefficient (Wildman–Crippen LogP) is 2.50. The van der Waals surface area contributed by atoms with Crippen molar-refractivity contribution in [3.05, 3.63) is 0 Å². The van der Waals surface area contributed by atoms with Crippen molar-refractivity contribution in [3.63, 3.8) is 0 Å². The van der Waals surface area contributed by atoms with Gasteiger partial charge in [-0.15, -0.1) is 0 Å². The molecule has 0 bridgehead atoms. The monoisotopic (exact) mass is 281 g/mol. The molecule has 1 heterocycles. The summed E-state index contributed by atoms with van der Waals surface area (Å²) in [4.78, 5) is 7.11. The normalized spacial score (nSPS) is 29.9. The van der Waals surface area contributed by atoms with E-state index in [1.807, 2.05) is 0 Å². The van der Waals surface area contributed by atoms with E-state index < -0.39 is 0 Å². The van der Waals surface area contributed by atoms with Gasteiger partial charge in [0.15, 0.2) is 5.96 Å². The lowest BCUT2D eigenvalue weighted by molar-refractivity contribution is 0.114. The van der Waals surface area contributed by atoms with Gasteiger partial charge in [-0.25, -0.2) is 0 Å². The number of hydrogen-bond donors (Lipinski definition) is 1. The van der Waals surface area contributed by atoms with E-state index in [1.165, 1.54) is 25.7 Å². The molecule has 20 heavy (non-hydrogen) atoms. The maximum Gasteiger partial charge on any atom is 0.194 e. The number of likely N-dealkylation sites (tertiary alicyclic amines) is 1. The lowest BCUT2D eigenvalue weighted by Crippen LogP contribution is -2.42.